The molecule has 24 heavy (non-hydrogen) atoms. The number of ether oxygens (including phenoxy) is 4. The van der Waals surface area contributed by atoms with Crippen LogP contribution < -0.4 is 0 Å². The van der Waals surface area contributed by atoms with Crippen LogP contribution in [0.5, 0.6) is 0 Å². The van der Waals surface area contributed by atoms with Crippen molar-refractivity contribution in [3.05, 3.63) is 24.3 Å². The molecule has 0 rings (SSSR count). The molecule has 0 heterocycles. The molecule has 0 radical (unpaired) electrons. The quantitative estimate of drug-likeness (QED) is 0.251. The minimum Gasteiger partial charge on any atom is -0.478 e. The largest absolute Gasteiger partial charge is 0.478 e. The number of carbonyl (C=O) groups excluding carboxylic acids is 2. The molecule has 0 aliphatic heterocycles. The highest BCUT2D eigenvalue weighted by Gasteiger charge is 1.99. The average Bonchev–Trinajstić information content (AvgIpc) is 2.52. The van der Waals surface area contributed by atoms with Crippen LogP contribution in [0.25, 0.3) is 0 Å². The van der Waals surface area contributed by atoms with Gasteiger partial charge in [-0.3, -0.25) is 0 Å². The maximum atomic E-state index is 11.0. The Labute approximate surface area is 137 Å². The van der Waals surface area contributed by atoms with Gasteiger partial charge in [-0.15, -0.1) is 0 Å². The lowest BCUT2D eigenvalue weighted by atomic mass is 10.5. The van der Waals surface area contributed by atoms with E-state index in [2.05, 4.69) is 9.47 Å². The summed E-state index contributed by atoms with van der Waals surface area (Å²) in [7, 11) is 0. The molecule has 10 nitrogen and oxygen atoms in total. The Kier molecular flexibility index (Phi) is 12.3. The molecule has 2 N–H and O–H groups in total. The van der Waals surface area contributed by atoms with Gasteiger partial charge in [-0.1, -0.05) is 0 Å². The highest BCUT2D eigenvalue weighted by Crippen LogP contribution is 1.86. The summed E-state index contributed by atoms with van der Waals surface area (Å²) in [5.41, 5.74) is 0. The van der Waals surface area contributed by atoms with Gasteiger partial charge in [-0.05, 0) is 0 Å². The number of hydrogen-bond donors (Lipinski definition) is 2. The van der Waals surface area contributed by atoms with E-state index in [9.17, 15) is 19.2 Å². The molecule has 134 valence electrons. The standard InChI is InChI=1S/C14H18O10/c15-11(16)1-3-13(19)23-9-7-21-5-6-22-8-10-24-14(20)4-2-12(17)18/h1-4H,5-10H2,(H,15,16)(H,17,18). The fraction of sp³-hybridized carbons (Fsp3) is 0.429. The maximum absolute atomic E-state index is 11.0. The summed E-state index contributed by atoms with van der Waals surface area (Å²) in [5, 5.41) is 16.6. The van der Waals surface area contributed by atoms with Gasteiger partial charge < -0.3 is 29.2 Å². The molecule has 0 saturated heterocycles. The lowest BCUT2D eigenvalue weighted by Crippen LogP contribution is -2.14. The topological polar surface area (TPSA) is 146 Å². The Morgan fingerprint density at radius 3 is 1.25 bits per heavy atom. The zero-order valence-electron chi connectivity index (χ0n) is 12.7. The van der Waals surface area contributed by atoms with E-state index >= 15 is 0 Å². The summed E-state index contributed by atoms with van der Waals surface area (Å²) in [6, 6.07) is 0. The third-order valence-electron chi connectivity index (χ3n) is 2.04. The van der Waals surface area contributed by atoms with Gasteiger partial charge in [-0.2, -0.15) is 0 Å². The summed E-state index contributed by atoms with van der Waals surface area (Å²) >= 11 is 0. The molecule has 0 saturated carbocycles. The number of carbonyl (C=O) groups is 4. The van der Waals surface area contributed by atoms with Crippen molar-refractivity contribution in [1.82, 2.24) is 0 Å². The first-order valence-electron chi connectivity index (χ1n) is 6.73. The van der Waals surface area contributed by atoms with Crippen molar-refractivity contribution in [3.63, 3.8) is 0 Å². The third kappa shape index (κ3) is 15.7. The van der Waals surface area contributed by atoms with Crippen molar-refractivity contribution in [1.29, 1.82) is 0 Å². The molecule has 10 heteroatoms. The Morgan fingerprint density at radius 2 is 0.917 bits per heavy atom. The van der Waals surface area contributed by atoms with Crippen LogP contribution in [-0.4, -0.2) is 73.7 Å². The molecule has 0 aromatic rings. The minimum absolute atomic E-state index is 0.0314. The van der Waals surface area contributed by atoms with E-state index < -0.39 is 23.9 Å². The molecule has 0 amide bonds. The summed E-state index contributed by atoms with van der Waals surface area (Å²) in [6.07, 6.45) is 2.92. The molecule has 0 aliphatic rings. The Hall–Kier alpha value is -2.72. The van der Waals surface area contributed by atoms with E-state index in [0.29, 0.717) is 12.2 Å². The second-order valence-electron chi connectivity index (χ2n) is 3.90. The monoisotopic (exact) mass is 346 g/mol. The van der Waals surface area contributed by atoms with Crippen molar-refractivity contribution >= 4 is 23.9 Å². The Morgan fingerprint density at radius 1 is 0.583 bits per heavy atom. The summed E-state index contributed by atoms with van der Waals surface area (Å²) in [5.74, 6) is -4.06. The fourth-order valence-corrected chi connectivity index (χ4v) is 1.10. The number of rotatable bonds is 13. The normalized spacial score (nSPS) is 10.8. The van der Waals surface area contributed by atoms with E-state index in [-0.39, 0.29) is 39.6 Å². The predicted molar refractivity (Wildman–Crippen MR) is 77.1 cm³/mol. The van der Waals surface area contributed by atoms with Crippen LogP contribution in [-0.2, 0) is 38.1 Å². The molecule has 0 unspecified atom stereocenters. The van der Waals surface area contributed by atoms with Crippen molar-refractivity contribution in [3.8, 4) is 0 Å². The van der Waals surface area contributed by atoms with E-state index in [0.717, 1.165) is 12.2 Å². The first-order valence-corrected chi connectivity index (χ1v) is 6.73. The van der Waals surface area contributed by atoms with Gasteiger partial charge in [0.05, 0.1) is 26.4 Å². The van der Waals surface area contributed by atoms with Gasteiger partial charge in [0.25, 0.3) is 0 Å². The van der Waals surface area contributed by atoms with Crippen LogP contribution in [0.4, 0.5) is 0 Å². The van der Waals surface area contributed by atoms with Gasteiger partial charge in [0.1, 0.15) is 13.2 Å². The van der Waals surface area contributed by atoms with Crippen molar-refractivity contribution in [2.75, 3.05) is 39.6 Å². The molecule has 0 aliphatic carbocycles. The molecule has 0 bridgehead atoms. The second kappa shape index (κ2) is 13.9. The van der Waals surface area contributed by atoms with Crippen molar-refractivity contribution in [2.45, 2.75) is 0 Å². The lowest BCUT2D eigenvalue weighted by Gasteiger charge is -2.06. The molecule has 0 fully saturated rings. The summed E-state index contributed by atoms with van der Waals surface area (Å²) in [4.78, 5) is 42.2. The number of aliphatic carboxylic acids is 2. The Bertz CT molecular complexity index is 436. The van der Waals surface area contributed by atoms with Crippen molar-refractivity contribution < 1.29 is 48.3 Å². The number of esters is 2. The van der Waals surface area contributed by atoms with Crippen LogP contribution in [0.3, 0.4) is 0 Å². The summed E-state index contributed by atoms with van der Waals surface area (Å²) in [6.45, 7) is 0.605. The van der Waals surface area contributed by atoms with E-state index in [1.165, 1.54) is 0 Å². The molecule has 0 aromatic heterocycles. The SMILES string of the molecule is O=C(O)C=CC(=O)OCCOCCOCCOC(=O)C=CC(=O)O. The lowest BCUT2D eigenvalue weighted by molar-refractivity contribution is -0.141. The van der Waals surface area contributed by atoms with Crippen LogP contribution in [0, 0.1) is 0 Å². The highest BCUT2D eigenvalue weighted by molar-refractivity contribution is 5.91. The maximum Gasteiger partial charge on any atom is 0.331 e. The van der Waals surface area contributed by atoms with Gasteiger partial charge in [0, 0.05) is 24.3 Å². The van der Waals surface area contributed by atoms with Gasteiger partial charge in [0.2, 0.25) is 0 Å². The smallest absolute Gasteiger partial charge is 0.331 e. The number of carboxylic acids is 2. The zero-order chi connectivity index (χ0) is 18.2. The predicted octanol–water partition coefficient (Wildman–Crippen LogP) is -0.612. The zero-order valence-corrected chi connectivity index (χ0v) is 12.7. The van der Waals surface area contributed by atoms with Crippen LogP contribution in [0.1, 0.15) is 0 Å². The minimum atomic E-state index is -1.25. The van der Waals surface area contributed by atoms with Crippen LogP contribution in [0.2, 0.25) is 0 Å². The van der Waals surface area contributed by atoms with Crippen LogP contribution in [0.15, 0.2) is 24.3 Å². The van der Waals surface area contributed by atoms with Gasteiger partial charge in [0.15, 0.2) is 0 Å². The molecular weight excluding hydrogens is 328 g/mol. The molecule has 0 aromatic carbocycles. The van der Waals surface area contributed by atoms with Gasteiger partial charge >= 0.3 is 23.9 Å². The number of hydrogen-bond acceptors (Lipinski definition) is 8. The number of carboxylic acid groups (broad SMARTS) is 2. The summed E-state index contributed by atoms with van der Waals surface area (Å²) < 4.78 is 19.4. The van der Waals surface area contributed by atoms with E-state index in [1.807, 2.05) is 0 Å². The van der Waals surface area contributed by atoms with Gasteiger partial charge in [-0.25, -0.2) is 19.2 Å². The third-order valence-corrected chi connectivity index (χ3v) is 2.04. The highest BCUT2D eigenvalue weighted by atomic mass is 16.6. The molecular formula is C14H18O10. The second-order valence-corrected chi connectivity index (χ2v) is 3.90. The average molecular weight is 346 g/mol. The first kappa shape index (κ1) is 21.3. The van der Waals surface area contributed by atoms with E-state index in [1.54, 1.807) is 0 Å². The first-order chi connectivity index (χ1) is 11.4. The fourth-order valence-electron chi connectivity index (χ4n) is 1.10. The molecule has 0 spiro atoms. The van der Waals surface area contributed by atoms with E-state index in [4.69, 9.17) is 19.7 Å². The van der Waals surface area contributed by atoms with Crippen LogP contribution >= 0.6 is 0 Å². The Balaban J connectivity index is 3.40. The van der Waals surface area contributed by atoms with Crippen molar-refractivity contribution in [2.24, 2.45) is 0 Å². The molecule has 0 atom stereocenters.